The molecule has 0 aliphatic carbocycles. The largest absolute Gasteiger partial charge is 1.00 e. The van der Waals surface area contributed by atoms with Crippen molar-refractivity contribution in [2.75, 3.05) is 46.9 Å². The molecule has 0 aliphatic heterocycles. The number of amides is 1. The van der Waals surface area contributed by atoms with Gasteiger partial charge in [-0.15, -0.1) is 0 Å². The summed E-state index contributed by atoms with van der Waals surface area (Å²) in [4.78, 5) is 39.7. The second-order valence-electron chi connectivity index (χ2n) is 12.8. The van der Waals surface area contributed by atoms with Gasteiger partial charge in [0.15, 0.2) is 6.54 Å². The number of carbonyl (C=O) groups is 3. The van der Waals surface area contributed by atoms with Gasteiger partial charge in [-0.2, -0.15) is 0 Å². The van der Waals surface area contributed by atoms with Crippen LogP contribution in [0.3, 0.4) is 0 Å². The topological polar surface area (TPSA) is 77.3 Å². The average Bonchev–Trinajstić information content (AvgIpc) is 2.97. The van der Waals surface area contributed by atoms with Crippen molar-refractivity contribution in [3.63, 3.8) is 0 Å². The molecule has 0 heterocycles. The van der Waals surface area contributed by atoms with Gasteiger partial charge in [-0.25, -0.2) is 0 Å². The minimum Gasteiger partial charge on any atom is -1.00 e. The normalized spacial score (nSPS) is 10.9. The van der Waals surface area contributed by atoms with Gasteiger partial charge in [0, 0.05) is 12.8 Å². The number of esters is 2. The van der Waals surface area contributed by atoms with Gasteiger partial charge in [0.1, 0.15) is 13.2 Å². The molecule has 0 radical (unpaired) electrons. The number of carbonyl (C=O) groups excluding carboxylic acids is 3. The van der Waals surface area contributed by atoms with E-state index in [-0.39, 0.29) is 43.5 Å². The molecule has 0 aromatic rings. The van der Waals surface area contributed by atoms with Crippen LogP contribution < -0.4 is 17.3 Å². The summed E-state index contributed by atoms with van der Waals surface area (Å²) < 4.78 is 10.8. The number of hydrogen-bond acceptors (Lipinski definition) is 5. The Kier molecular flexibility index (Phi) is 35.1. The Balaban J connectivity index is 0. The highest BCUT2D eigenvalue weighted by atomic mass is 35.5. The van der Waals surface area contributed by atoms with E-state index in [1.165, 1.54) is 116 Å². The standard InChI is InChI=1S/C36H70N2O5.ClH/c1-5-7-9-11-13-15-17-19-21-23-25-27-35(40)42-31-29-38(34(39)33-37(3)4)30-32-43-36(41)28-26-24-22-20-18-16-14-12-10-8-6-2;/h5-33H2,1-4H3;1H. The van der Waals surface area contributed by atoms with Crippen molar-refractivity contribution in [3.05, 3.63) is 0 Å². The molecular formula is C36H71ClN2O5. The van der Waals surface area contributed by atoms with Crippen molar-refractivity contribution in [1.29, 1.82) is 0 Å². The van der Waals surface area contributed by atoms with E-state index in [1.54, 1.807) is 4.90 Å². The molecule has 1 amide bonds. The first kappa shape index (κ1) is 44.8. The molecule has 0 fully saturated rings. The lowest BCUT2D eigenvalue weighted by molar-refractivity contribution is -0.849. The molecule has 0 bridgehead atoms. The summed E-state index contributed by atoms with van der Waals surface area (Å²) in [5.41, 5.74) is 0. The fraction of sp³-hybridized carbons (Fsp3) is 0.917. The SMILES string of the molecule is CCCCCCCCCCCCCC(=O)OCCN(CCOC(=O)CCCCCCCCCCCCC)C(=O)C[NH+](C)C.[Cl-]. The number of nitrogens with zero attached hydrogens (tertiary/aromatic N) is 1. The number of halogens is 1. The van der Waals surface area contributed by atoms with Gasteiger partial charge in [-0.3, -0.25) is 14.4 Å². The summed E-state index contributed by atoms with van der Waals surface area (Å²) in [6.07, 6.45) is 28.3. The average molecular weight is 647 g/mol. The van der Waals surface area contributed by atoms with Crippen molar-refractivity contribution in [3.8, 4) is 0 Å². The summed E-state index contributed by atoms with van der Waals surface area (Å²) in [5.74, 6) is -0.414. The van der Waals surface area contributed by atoms with Crippen LogP contribution in [-0.4, -0.2) is 69.7 Å². The Bertz CT molecular complexity index is 618. The summed E-state index contributed by atoms with van der Waals surface area (Å²) >= 11 is 0. The lowest BCUT2D eigenvalue weighted by atomic mass is 10.1. The van der Waals surface area contributed by atoms with Gasteiger partial charge in [0.05, 0.1) is 27.2 Å². The van der Waals surface area contributed by atoms with E-state index in [0.29, 0.717) is 32.5 Å². The van der Waals surface area contributed by atoms with E-state index in [4.69, 9.17) is 9.47 Å². The molecule has 0 saturated heterocycles. The van der Waals surface area contributed by atoms with Gasteiger partial charge in [0.2, 0.25) is 0 Å². The van der Waals surface area contributed by atoms with Gasteiger partial charge >= 0.3 is 11.9 Å². The van der Waals surface area contributed by atoms with Crippen LogP contribution in [-0.2, 0) is 23.9 Å². The Morgan fingerprint density at radius 1 is 0.500 bits per heavy atom. The molecule has 0 aliphatic rings. The highest BCUT2D eigenvalue weighted by Gasteiger charge is 2.17. The molecule has 44 heavy (non-hydrogen) atoms. The van der Waals surface area contributed by atoms with E-state index < -0.39 is 0 Å². The van der Waals surface area contributed by atoms with Crippen molar-refractivity contribution in [2.24, 2.45) is 0 Å². The Morgan fingerprint density at radius 3 is 1.09 bits per heavy atom. The Hall–Kier alpha value is -1.34. The summed E-state index contributed by atoms with van der Waals surface area (Å²) in [6, 6.07) is 0. The number of unbranched alkanes of at least 4 members (excludes halogenated alkanes) is 20. The van der Waals surface area contributed by atoms with Crippen molar-refractivity contribution < 1.29 is 41.2 Å². The maximum Gasteiger partial charge on any atom is 0.305 e. The predicted molar refractivity (Wildman–Crippen MR) is 178 cm³/mol. The summed E-state index contributed by atoms with van der Waals surface area (Å²) in [7, 11) is 3.86. The molecule has 0 unspecified atom stereocenters. The van der Waals surface area contributed by atoms with Crippen LogP contribution in [0.25, 0.3) is 0 Å². The van der Waals surface area contributed by atoms with Crippen LogP contribution >= 0.6 is 0 Å². The molecule has 0 rings (SSSR count). The van der Waals surface area contributed by atoms with Gasteiger partial charge < -0.3 is 31.7 Å². The second-order valence-corrected chi connectivity index (χ2v) is 12.8. The second kappa shape index (κ2) is 34.5. The van der Waals surface area contributed by atoms with Crippen LogP contribution in [0.5, 0.6) is 0 Å². The summed E-state index contributed by atoms with van der Waals surface area (Å²) in [6.45, 7) is 5.86. The minimum absolute atomic E-state index is 0. The van der Waals surface area contributed by atoms with Crippen LogP contribution in [0.1, 0.15) is 168 Å². The van der Waals surface area contributed by atoms with Crippen LogP contribution in [0.2, 0.25) is 0 Å². The minimum atomic E-state index is -0.194. The Labute approximate surface area is 278 Å². The summed E-state index contributed by atoms with van der Waals surface area (Å²) in [5, 5.41) is 0. The molecule has 0 aromatic carbocycles. The van der Waals surface area contributed by atoms with E-state index >= 15 is 0 Å². The molecule has 0 spiro atoms. The number of nitrogens with one attached hydrogen (secondary N) is 1. The van der Waals surface area contributed by atoms with Crippen molar-refractivity contribution in [1.82, 2.24) is 4.90 Å². The molecule has 0 aromatic heterocycles. The van der Waals surface area contributed by atoms with Crippen LogP contribution in [0.4, 0.5) is 0 Å². The molecule has 0 saturated carbocycles. The first-order valence-electron chi connectivity index (χ1n) is 18.3. The highest BCUT2D eigenvalue weighted by molar-refractivity contribution is 5.77. The third-order valence-electron chi connectivity index (χ3n) is 8.07. The fourth-order valence-corrected chi connectivity index (χ4v) is 5.33. The number of rotatable bonds is 32. The molecule has 262 valence electrons. The first-order chi connectivity index (χ1) is 20.9. The quantitative estimate of drug-likeness (QED) is 0.0863. The van der Waals surface area contributed by atoms with E-state index in [2.05, 4.69) is 13.8 Å². The van der Waals surface area contributed by atoms with E-state index in [1.807, 2.05) is 14.1 Å². The van der Waals surface area contributed by atoms with Crippen molar-refractivity contribution >= 4 is 17.8 Å². The fourth-order valence-electron chi connectivity index (χ4n) is 5.33. The van der Waals surface area contributed by atoms with Crippen molar-refractivity contribution in [2.45, 2.75) is 168 Å². The van der Waals surface area contributed by atoms with Gasteiger partial charge in [0.25, 0.3) is 5.91 Å². The maximum atomic E-state index is 12.7. The molecule has 1 N–H and O–H groups in total. The number of ether oxygens (including phenoxy) is 2. The zero-order chi connectivity index (χ0) is 31.8. The molecule has 7 nitrogen and oxygen atoms in total. The van der Waals surface area contributed by atoms with E-state index in [9.17, 15) is 14.4 Å². The van der Waals surface area contributed by atoms with E-state index in [0.717, 1.165) is 30.6 Å². The zero-order valence-electron chi connectivity index (χ0n) is 29.4. The highest BCUT2D eigenvalue weighted by Crippen LogP contribution is 2.13. The lowest BCUT2D eigenvalue weighted by Crippen LogP contribution is -3.07. The Morgan fingerprint density at radius 2 is 0.795 bits per heavy atom. The molecule has 8 heteroatoms. The van der Waals surface area contributed by atoms with Crippen LogP contribution in [0.15, 0.2) is 0 Å². The van der Waals surface area contributed by atoms with Crippen LogP contribution in [0, 0.1) is 0 Å². The third kappa shape index (κ3) is 32.1. The number of quaternary nitrogens is 1. The monoisotopic (exact) mass is 647 g/mol. The van der Waals surface area contributed by atoms with Gasteiger partial charge in [-0.05, 0) is 12.8 Å². The third-order valence-corrected chi connectivity index (χ3v) is 8.07. The molecule has 0 atom stereocenters. The zero-order valence-corrected chi connectivity index (χ0v) is 30.1. The lowest BCUT2D eigenvalue weighted by Gasteiger charge is -2.23. The van der Waals surface area contributed by atoms with Gasteiger partial charge in [-0.1, -0.05) is 142 Å². The maximum absolute atomic E-state index is 12.7. The number of hydrogen-bond donors (Lipinski definition) is 1. The smallest absolute Gasteiger partial charge is 0.305 e. The predicted octanol–water partition coefficient (Wildman–Crippen LogP) is 4.45. The first-order valence-corrected chi connectivity index (χ1v) is 18.3. The molecular weight excluding hydrogens is 576 g/mol. The number of likely N-dealkylation sites (N-methyl/N-ethyl adjacent to an activating group) is 1.